The highest BCUT2D eigenvalue weighted by Crippen LogP contribution is 2.47. The fourth-order valence-corrected chi connectivity index (χ4v) is 3.05. The van der Waals surface area contributed by atoms with Gasteiger partial charge in [-0.2, -0.15) is 0 Å². The van der Waals surface area contributed by atoms with Crippen LogP contribution in [-0.4, -0.2) is 24.2 Å². The lowest BCUT2D eigenvalue weighted by molar-refractivity contribution is -0.127. The average Bonchev–Trinajstić information content (AvgIpc) is 2.41. The molecule has 1 N–H and O–H groups in total. The van der Waals surface area contributed by atoms with Gasteiger partial charge in [-0.1, -0.05) is 6.92 Å². The summed E-state index contributed by atoms with van der Waals surface area (Å²) in [6, 6.07) is 0.305. The normalized spacial score (nSPS) is 45.8. The van der Waals surface area contributed by atoms with E-state index in [0.29, 0.717) is 12.5 Å². The van der Waals surface area contributed by atoms with E-state index >= 15 is 0 Å². The molecule has 0 aromatic heterocycles. The molecule has 86 valence electrons. The molecule has 2 heterocycles. The Balaban J connectivity index is 2.18. The van der Waals surface area contributed by atoms with Gasteiger partial charge in [0.1, 0.15) is 0 Å². The molecule has 2 fully saturated rings. The molecule has 0 bridgehead atoms. The second-order valence-corrected chi connectivity index (χ2v) is 5.41. The lowest BCUT2D eigenvalue weighted by Crippen LogP contribution is -2.47. The Labute approximate surface area is 91.6 Å². The molecule has 2 aliphatic rings. The highest BCUT2D eigenvalue weighted by Gasteiger charge is 2.50. The summed E-state index contributed by atoms with van der Waals surface area (Å²) < 4.78 is 5.85. The van der Waals surface area contributed by atoms with Crippen LogP contribution >= 0.6 is 0 Å². The van der Waals surface area contributed by atoms with Crippen molar-refractivity contribution in [2.45, 2.75) is 58.1 Å². The van der Waals surface area contributed by atoms with E-state index in [1.807, 2.05) is 0 Å². The molecule has 2 rings (SSSR count). The van der Waals surface area contributed by atoms with Crippen LogP contribution in [0.25, 0.3) is 0 Å². The molecule has 1 spiro atoms. The van der Waals surface area contributed by atoms with E-state index in [2.05, 4.69) is 26.1 Å². The number of rotatable bonds is 1. The van der Waals surface area contributed by atoms with Crippen molar-refractivity contribution in [2.75, 3.05) is 6.61 Å². The summed E-state index contributed by atoms with van der Waals surface area (Å²) in [7, 11) is 0. The minimum Gasteiger partial charge on any atom is -0.375 e. The van der Waals surface area contributed by atoms with Crippen LogP contribution in [0.4, 0.5) is 0 Å². The number of amides is 1. The molecule has 2 aliphatic heterocycles. The maximum Gasteiger partial charge on any atom is 0.220 e. The first kappa shape index (κ1) is 10.9. The Morgan fingerprint density at radius 1 is 1.60 bits per heavy atom. The second kappa shape index (κ2) is 3.48. The molecular formula is C12H21NO2. The molecule has 0 aliphatic carbocycles. The van der Waals surface area contributed by atoms with Crippen molar-refractivity contribution in [1.29, 1.82) is 0 Å². The molecule has 3 heteroatoms. The number of carbonyl (C=O) groups excluding carboxylic acids is 1. The summed E-state index contributed by atoms with van der Waals surface area (Å²) >= 11 is 0. The van der Waals surface area contributed by atoms with Gasteiger partial charge in [0.15, 0.2) is 0 Å². The summed E-state index contributed by atoms with van der Waals surface area (Å²) in [6.45, 7) is 7.26. The standard InChI is InChI=1S/C12H21NO2/c1-4-11(3)8-12(5-6-15-11)7-10(14)13-9(12)2/h9H,4-8H2,1-3H3,(H,13,14). The van der Waals surface area contributed by atoms with E-state index < -0.39 is 0 Å². The van der Waals surface area contributed by atoms with Crippen molar-refractivity contribution in [1.82, 2.24) is 5.32 Å². The molecule has 3 nitrogen and oxygen atoms in total. The average molecular weight is 211 g/mol. The van der Waals surface area contributed by atoms with Crippen molar-refractivity contribution < 1.29 is 9.53 Å². The Kier molecular flexibility index (Phi) is 2.53. The van der Waals surface area contributed by atoms with Crippen LogP contribution in [0.1, 0.15) is 46.5 Å². The first-order valence-electron chi connectivity index (χ1n) is 5.93. The third kappa shape index (κ3) is 1.78. The summed E-state index contributed by atoms with van der Waals surface area (Å²) in [5.74, 6) is 0.211. The van der Waals surface area contributed by atoms with Gasteiger partial charge >= 0.3 is 0 Å². The van der Waals surface area contributed by atoms with Crippen LogP contribution in [0.3, 0.4) is 0 Å². The fraction of sp³-hybridized carbons (Fsp3) is 0.917. The van der Waals surface area contributed by atoms with Gasteiger partial charge in [-0.15, -0.1) is 0 Å². The third-order valence-electron chi connectivity index (χ3n) is 4.33. The van der Waals surface area contributed by atoms with Crippen LogP contribution in [-0.2, 0) is 9.53 Å². The Morgan fingerprint density at radius 2 is 2.33 bits per heavy atom. The Bertz CT molecular complexity index is 279. The summed E-state index contributed by atoms with van der Waals surface area (Å²) in [5, 5.41) is 3.04. The van der Waals surface area contributed by atoms with E-state index in [4.69, 9.17) is 4.74 Å². The minimum atomic E-state index is -0.0290. The molecule has 0 aromatic rings. The number of carbonyl (C=O) groups is 1. The molecule has 3 atom stereocenters. The number of hydrogen-bond acceptors (Lipinski definition) is 2. The quantitative estimate of drug-likeness (QED) is 0.719. The van der Waals surface area contributed by atoms with Crippen molar-refractivity contribution >= 4 is 5.91 Å². The third-order valence-corrected chi connectivity index (χ3v) is 4.33. The first-order valence-corrected chi connectivity index (χ1v) is 5.93. The van der Waals surface area contributed by atoms with Crippen molar-refractivity contribution in [3.05, 3.63) is 0 Å². The lowest BCUT2D eigenvalue weighted by Gasteiger charge is -2.45. The first-order chi connectivity index (χ1) is 7.00. The van der Waals surface area contributed by atoms with E-state index in [9.17, 15) is 4.79 Å². The SMILES string of the molecule is CCC1(C)CC2(CCO1)CC(=O)NC2C. The molecule has 0 radical (unpaired) electrons. The fourth-order valence-electron chi connectivity index (χ4n) is 3.05. The monoisotopic (exact) mass is 211 g/mol. The zero-order valence-electron chi connectivity index (χ0n) is 9.93. The van der Waals surface area contributed by atoms with Gasteiger partial charge in [-0.3, -0.25) is 4.79 Å². The molecule has 2 saturated heterocycles. The highest BCUT2D eigenvalue weighted by atomic mass is 16.5. The molecule has 1 amide bonds. The van der Waals surface area contributed by atoms with Crippen molar-refractivity contribution in [3.8, 4) is 0 Å². The Hall–Kier alpha value is -0.570. The second-order valence-electron chi connectivity index (χ2n) is 5.41. The van der Waals surface area contributed by atoms with Crippen LogP contribution in [0.2, 0.25) is 0 Å². The molecule has 3 unspecified atom stereocenters. The van der Waals surface area contributed by atoms with E-state index in [-0.39, 0.29) is 16.9 Å². The van der Waals surface area contributed by atoms with Crippen molar-refractivity contribution in [3.63, 3.8) is 0 Å². The number of ether oxygens (including phenoxy) is 1. The molecule has 0 aromatic carbocycles. The summed E-state index contributed by atoms with van der Waals surface area (Å²) in [5.41, 5.74) is 0.124. The maximum absolute atomic E-state index is 11.5. The van der Waals surface area contributed by atoms with E-state index in [1.54, 1.807) is 0 Å². The smallest absolute Gasteiger partial charge is 0.220 e. The Morgan fingerprint density at radius 3 is 2.87 bits per heavy atom. The van der Waals surface area contributed by atoms with Gasteiger partial charge in [0.05, 0.1) is 5.60 Å². The van der Waals surface area contributed by atoms with Gasteiger partial charge in [0.25, 0.3) is 0 Å². The zero-order valence-corrected chi connectivity index (χ0v) is 9.93. The number of hydrogen-bond donors (Lipinski definition) is 1. The highest BCUT2D eigenvalue weighted by molar-refractivity contribution is 5.79. The van der Waals surface area contributed by atoms with Gasteiger partial charge in [0, 0.05) is 24.5 Å². The van der Waals surface area contributed by atoms with Crippen LogP contribution in [0.15, 0.2) is 0 Å². The van der Waals surface area contributed by atoms with E-state index in [1.165, 1.54) is 0 Å². The largest absolute Gasteiger partial charge is 0.375 e. The van der Waals surface area contributed by atoms with Crippen molar-refractivity contribution in [2.24, 2.45) is 5.41 Å². The van der Waals surface area contributed by atoms with Crippen LogP contribution in [0, 0.1) is 5.41 Å². The molecule has 15 heavy (non-hydrogen) atoms. The lowest BCUT2D eigenvalue weighted by atomic mass is 9.68. The predicted molar refractivity (Wildman–Crippen MR) is 58.5 cm³/mol. The molecule has 0 saturated carbocycles. The van der Waals surface area contributed by atoms with Gasteiger partial charge in [-0.25, -0.2) is 0 Å². The summed E-state index contributed by atoms with van der Waals surface area (Å²) in [4.78, 5) is 11.5. The van der Waals surface area contributed by atoms with Crippen LogP contribution in [0.5, 0.6) is 0 Å². The minimum absolute atomic E-state index is 0.0290. The summed E-state index contributed by atoms with van der Waals surface area (Å²) in [6.07, 6.45) is 3.74. The van der Waals surface area contributed by atoms with Gasteiger partial charge in [0.2, 0.25) is 5.91 Å². The maximum atomic E-state index is 11.5. The topological polar surface area (TPSA) is 38.3 Å². The number of nitrogens with one attached hydrogen (secondary N) is 1. The van der Waals surface area contributed by atoms with Gasteiger partial charge < -0.3 is 10.1 Å². The van der Waals surface area contributed by atoms with Crippen LogP contribution < -0.4 is 5.32 Å². The zero-order chi connectivity index (χ0) is 11.1. The predicted octanol–water partition coefficient (Wildman–Crippen LogP) is 1.86. The van der Waals surface area contributed by atoms with E-state index in [0.717, 1.165) is 25.9 Å². The van der Waals surface area contributed by atoms with Gasteiger partial charge in [-0.05, 0) is 33.1 Å². The molecular weight excluding hydrogens is 190 g/mol.